The number of benzene rings is 1. The summed E-state index contributed by atoms with van der Waals surface area (Å²) in [6, 6.07) is 7.66. The smallest absolute Gasteiger partial charge is 0.322 e. The molecule has 3 N–H and O–H groups in total. The van der Waals surface area contributed by atoms with E-state index in [0.717, 1.165) is 24.3 Å². The predicted molar refractivity (Wildman–Crippen MR) is 70.6 cm³/mol. The highest BCUT2D eigenvalue weighted by molar-refractivity contribution is 5.76. The highest BCUT2D eigenvalue weighted by atomic mass is 16.4. The highest BCUT2D eigenvalue weighted by Crippen LogP contribution is 2.20. The molecule has 94 valence electrons. The number of unbranched alkanes of at least 4 members (excludes halogenated alkanes) is 2. The number of hydrogen-bond donors (Lipinski definition) is 3. The summed E-state index contributed by atoms with van der Waals surface area (Å²) in [7, 11) is 0. The van der Waals surface area contributed by atoms with E-state index in [2.05, 4.69) is 17.6 Å². The van der Waals surface area contributed by atoms with E-state index >= 15 is 0 Å². The molecule has 0 saturated heterocycles. The molecular weight excluding hydrogens is 216 g/mol. The number of anilines is 2. The molecule has 0 bridgehead atoms. The lowest BCUT2D eigenvalue weighted by Crippen LogP contribution is -2.14. The minimum absolute atomic E-state index is 0.0619. The number of aliphatic carboxylic acids is 1. The summed E-state index contributed by atoms with van der Waals surface area (Å²) in [5.74, 6) is -0.856. The van der Waals surface area contributed by atoms with Crippen molar-refractivity contribution in [3.63, 3.8) is 0 Å². The van der Waals surface area contributed by atoms with Gasteiger partial charge in [-0.25, -0.2) is 0 Å². The topological polar surface area (TPSA) is 61.4 Å². The largest absolute Gasteiger partial charge is 0.480 e. The van der Waals surface area contributed by atoms with Crippen molar-refractivity contribution in [1.29, 1.82) is 0 Å². The van der Waals surface area contributed by atoms with Gasteiger partial charge in [0.15, 0.2) is 0 Å². The zero-order chi connectivity index (χ0) is 12.5. The molecule has 0 unspecified atom stereocenters. The van der Waals surface area contributed by atoms with Crippen LogP contribution in [0.25, 0.3) is 0 Å². The van der Waals surface area contributed by atoms with Gasteiger partial charge in [-0.2, -0.15) is 0 Å². The lowest BCUT2D eigenvalue weighted by molar-refractivity contribution is -0.134. The highest BCUT2D eigenvalue weighted by Gasteiger charge is 2.02. The van der Waals surface area contributed by atoms with Gasteiger partial charge < -0.3 is 15.7 Å². The number of hydrogen-bond acceptors (Lipinski definition) is 3. The third-order valence-corrected chi connectivity index (χ3v) is 2.45. The van der Waals surface area contributed by atoms with E-state index in [-0.39, 0.29) is 6.54 Å². The van der Waals surface area contributed by atoms with Crippen molar-refractivity contribution in [2.75, 3.05) is 23.7 Å². The Morgan fingerprint density at radius 3 is 2.41 bits per heavy atom. The summed E-state index contributed by atoms with van der Waals surface area (Å²) in [6.07, 6.45) is 3.53. The van der Waals surface area contributed by atoms with Crippen molar-refractivity contribution in [3.8, 4) is 0 Å². The Kier molecular flexibility index (Phi) is 5.93. The molecule has 0 aromatic heterocycles. The summed E-state index contributed by atoms with van der Waals surface area (Å²) >= 11 is 0. The van der Waals surface area contributed by atoms with Crippen LogP contribution in [-0.4, -0.2) is 24.2 Å². The maximum Gasteiger partial charge on any atom is 0.322 e. The Labute approximate surface area is 102 Å². The molecule has 1 aromatic rings. The summed E-state index contributed by atoms with van der Waals surface area (Å²) in [5, 5.41) is 14.8. The number of carboxylic acids is 1. The number of carboxylic acid groups (broad SMARTS) is 1. The van der Waals surface area contributed by atoms with Crippen LogP contribution in [0.15, 0.2) is 24.3 Å². The van der Waals surface area contributed by atoms with Crippen LogP contribution in [0.5, 0.6) is 0 Å². The molecular formula is C13H20N2O2. The summed E-state index contributed by atoms with van der Waals surface area (Å²) < 4.78 is 0. The first-order valence-electron chi connectivity index (χ1n) is 6.02. The predicted octanol–water partition coefficient (Wildman–Crippen LogP) is 2.79. The second kappa shape index (κ2) is 7.54. The molecule has 0 spiro atoms. The Morgan fingerprint density at radius 1 is 1.18 bits per heavy atom. The Hall–Kier alpha value is -1.71. The van der Waals surface area contributed by atoms with Gasteiger partial charge in [-0.15, -0.1) is 0 Å². The molecule has 0 saturated carbocycles. The molecule has 1 aromatic carbocycles. The van der Waals surface area contributed by atoms with Gasteiger partial charge in [-0.05, 0) is 18.6 Å². The van der Waals surface area contributed by atoms with Gasteiger partial charge in [0.1, 0.15) is 6.54 Å². The first-order chi connectivity index (χ1) is 8.24. The van der Waals surface area contributed by atoms with E-state index in [0.29, 0.717) is 0 Å². The van der Waals surface area contributed by atoms with Crippen molar-refractivity contribution < 1.29 is 9.90 Å². The van der Waals surface area contributed by atoms with Crippen molar-refractivity contribution in [1.82, 2.24) is 0 Å². The van der Waals surface area contributed by atoms with E-state index in [9.17, 15) is 4.79 Å². The molecule has 0 radical (unpaired) electrons. The fraction of sp³-hybridized carbons (Fsp3) is 0.462. The molecule has 4 heteroatoms. The average Bonchev–Trinajstić information content (AvgIpc) is 2.33. The SMILES string of the molecule is CCCCCNc1ccccc1NCC(=O)O. The standard InChI is InChI=1S/C13H20N2O2/c1-2-3-6-9-14-11-7-4-5-8-12(11)15-10-13(16)17/h4-5,7-8,14-15H,2-3,6,9-10H2,1H3,(H,16,17). The van der Waals surface area contributed by atoms with E-state index in [1.165, 1.54) is 12.8 Å². The number of carbonyl (C=O) groups is 1. The fourth-order valence-corrected chi connectivity index (χ4v) is 1.56. The van der Waals surface area contributed by atoms with E-state index < -0.39 is 5.97 Å². The Bertz CT molecular complexity index is 353. The maximum absolute atomic E-state index is 10.5. The fourth-order valence-electron chi connectivity index (χ4n) is 1.56. The number of para-hydroxylation sites is 2. The number of nitrogens with one attached hydrogen (secondary N) is 2. The molecule has 1 rings (SSSR count). The lowest BCUT2D eigenvalue weighted by atomic mass is 10.2. The molecule has 0 aliphatic carbocycles. The average molecular weight is 236 g/mol. The van der Waals surface area contributed by atoms with E-state index in [1.807, 2.05) is 24.3 Å². The molecule has 0 aliphatic heterocycles. The molecule has 4 nitrogen and oxygen atoms in total. The number of rotatable bonds is 8. The third-order valence-electron chi connectivity index (χ3n) is 2.45. The van der Waals surface area contributed by atoms with Crippen LogP contribution in [0.3, 0.4) is 0 Å². The van der Waals surface area contributed by atoms with Crippen molar-refractivity contribution >= 4 is 17.3 Å². The molecule has 0 amide bonds. The monoisotopic (exact) mass is 236 g/mol. The van der Waals surface area contributed by atoms with Crippen LogP contribution in [-0.2, 0) is 4.79 Å². The van der Waals surface area contributed by atoms with Gasteiger partial charge in [0.05, 0.1) is 11.4 Å². The zero-order valence-electron chi connectivity index (χ0n) is 10.2. The van der Waals surface area contributed by atoms with Crippen molar-refractivity contribution in [3.05, 3.63) is 24.3 Å². The van der Waals surface area contributed by atoms with Crippen LogP contribution in [0.1, 0.15) is 26.2 Å². The van der Waals surface area contributed by atoms with Gasteiger partial charge in [-0.3, -0.25) is 4.79 Å². The molecule has 17 heavy (non-hydrogen) atoms. The lowest BCUT2D eigenvalue weighted by Gasteiger charge is -2.12. The zero-order valence-corrected chi connectivity index (χ0v) is 10.2. The van der Waals surface area contributed by atoms with E-state index in [1.54, 1.807) is 0 Å². The van der Waals surface area contributed by atoms with Gasteiger partial charge >= 0.3 is 5.97 Å². The van der Waals surface area contributed by atoms with Crippen molar-refractivity contribution in [2.45, 2.75) is 26.2 Å². The molecule has 0 aliphatic rings. The minimum Gasteiger partial charge on any atom is -0.480 e. The van der Waals surface area contributed by atoms with Gasteiger partial charge in [0.25, 0.3) is 0 Å². The van der Waals surface area contributed by atoms with Gasteiger partial charge in [0.2, 0.25) is 0 Å². The summed E-state index contributed by atoms with van der Waals surface area (Å²) in [6.45, 7) is 3.02. The minimum atomic E-state index is -0.856. The van der Waals surface area contributed by atoms with Gasteiger partial charge in [-0.1, -0.05) is 31.9 Å². The Balaban J connectivity index is 2.48. The van der Waals surface area contributed by atoms with Crippen LogP contribution >= 0.6 is 0 Å². The Morgan fingerprint density at radius 2 is 1.82 bits per heavy atom. The molecule has 0 heterocycles. The van der Waals surface area contributed by atoms with Crippen LogP contribution in [0, 0.1) is 0 Å². The van der Waals surface area contributed by atoms with Crippen LogP contribution in [0.4, 0.5) is 11.4 Å². The maximum atomic E-state index is 10.5. The summed E-state index contributed by atoms with van der Waals surface area (Å²) in [5.41, 5.74) is 1.80. The van der Waals surface area contributed by atoms with Gasteiger partial charge in [0, 0.05) is 6.54 Å². The van der Waals surface area contributed by atoms with Crippen LogP contribution in [0.2, 0.25) is 0 Å². The summed E-state index contributed by atoms with van der Waals surface area (Å²) in [4.78, 5) is 10.5. The molecule has 0 fully saturated rings. The van der Waals surface area contributed by atoms with Crippen LogP contribution < -0.4 is 10.6 Å². The van der Waals surface area contributed by atoms with E-state index in [4.69, 9.17) is 5.11 Å². The second-order valence-electron chi connectivity index (χ2n) is 3.93. The first kappa shape index (κ1) is 13.4. The third kappa shape index (κ3) is 5.24. The first-order valence-corrected chi connectivity index (χ1v) is 6.02. The molecule has 0 atom stereocenters. The quantitative estimate of drug-likeness (QED) is 0.607. The van der Waals surface area contributed by atoms with Crippen molar-refractivity contribution in [2.24, 2.45) is 0 Å². The second-order valence-corrected chi connectivity index (χ2v) is 3.93. The normalized spacial score (nSPS) is 9.94.